The lowest BCUT2D eigenvalue weighted by molar-refractivity contribution is 0.306. The summed E-state index contributed by atoms with van der Waals surface area (Å²) < 4.78 is 6.00. The predicted molar refractivity (Wildman–Crippen MR) is 121 cm³/mol. The molecule has 4 rings (SSSR count). The average molecular weight is 400 g/mol. The van der Waals surface area contributed by atoms with Gasteiger partial charge in [-0.2, -0.15) is 5.10 Å². The molecule has 0 saturated heterocycles. The number of ether oxygens (including phenoxy) is 1. The summed E-state index contributed by atoms with van der Waals surface area (Å²) in [6.07, 6.45) is 1.76. The molecule has 0 fully saturated rings. The highest BCUT2D eigenvalue weighted by atomic mass is 32.1. The summed E-state index contributed by atoms with van der Waals surface area (Å²) >= 11 is 1.53. The molecule has 0 amide bonds. The molecule has 144 valence electrons. The van der Waals surface area contributed by atoms with Crippen molar-refractivity contribution < 1.29 is 4.74 Å². The van der Waals surface area contributed by atoms with Gasteiger partial charge in [-0.3, -0.25) is 5.43 Å². The normalized spacial score (nSPS) is 10.9. The summed E-state index contributed by atoms with van der Waals surface area (Å²) in [5.74, 6) is 0.794. The van der Waals surface area contributed by atoms with Crippen LogP contribution in [-0.4, -0.2) is 11.2 Å². The number of aryl methyl sites for hydroxylation is 1. The van der Waals surface area contributed by atoms with Crippen LogP contribution < -0.4 is 10.2 Å². The monoisotopic (exact) mass is 399 g/mol. The summed E-state index contributed by atoms with van der Waals surface area (Å²) in [5.41, 5.74) is 8.33. The van der Waals surface area contributed by atoms with Crippen LogP contribution in [0.25, 0.3) is 11.3 Å². The summed E-state index contributed by atoms with van der Waals surface area (Å²) in [6.45, 7) is 2.60. The number of hydrogen-bond donors (Lipinski definition) is 1. The molecule has 29 heavy (non-hydrogen) atoms. The number of anilines is 1. The highest BCUT2D eigenvalue weighted by Gasteiger charge is 2.04. The van der Waals surface area contributed by atoms with Gasteiger partial charge in [0.2, 0.25) is 5.13 Å². The Morgan fingerprint density at radius 2 is 1.72 bits per heavy atom. The van der Waals surface area contributed by atoms with Gasteiger partial charge in [0.25, 0.3) is 0 Å². The second-order valence-electron chi connectivity index (χ2n) is 6.59. The first-order valence-electron chi connectivity index (χ1n) is 9.35. The molecule has 1 aromatic heterocycles. The molecule has 0 aliphatic heterocycles. The van der Waals surface area contributed by atoms with Crippen molar-refractivity contribution in [2.24, 2.45) is 5.10 Å². The quantitative estimate of drug-likeness (QED) is 0.300. The fraction of sp³-hybridized carbons (Fsp3) is 0.0833. The van der Waals surface area contributed by atoms with E-state index in [1.54, 1.807) is 6.21 Å². The summed E-state index contributed by atoms with van der Waals surface area (Å²) in [5, 5.41) is 7.11. The summed E-state index contributed by atoms with van der Waals surface area (Å²) in [4.78, 5) is 4.58. The SMILES string of the molecule is Cc1ccc(COc2ccccc2C=NNc2nc(-c3ccccc3)cs2)cc1. The molecular weight excluding hydrogens is 378 g/mol. The van der Waals surface area contributed by atoms with Gasteiger partial charge in [-0.1, -0.05) is 72.3 Å². The molecule has 0 spiro atoms. The van der Waals surface area contributed by atoms with E-state index in [2.05, 4.69) is 46.7 Å². The van der Waals surface area contributed by atoms with Gasteiger partial charge in [-0.25, -0.2) is 4.98 Å². The topological polar surface area (TPSA) is 46.5 Å². The Morgan fingerprint density at radius 3 is 2.55 bits per heavy atom. The van der Waals surface area contributed by atoms with Crippen LogP contribution in [0.3, 0.4) is 0 Å². The third-order valence-corrected chi connectivity index (χ3v) is 5.12. The highest BCUT2D eigenvalue weighted by molar-refractivity contribution is 7.14. The Hall–Kier alpha value is -3.44. The molecule has 0 atom stereocenters. The summed E-state index contributed by atoms with van der Waals surface area (Å²) in [6, 6.07) is 26.3. The lowest BCUT2D eigenvalue weighted by Crippen LogP contribution is -1.99. The molecule has 3 aromatic carbocycles. The third-order valence-electron chi connectivity index (χ3n) is 4.37. The molecule has 0 bridgehead atoms. The van der Waals surface area contributed by atoms with Gasteiger partial charge in [-0.15, -0.1) is 11.3 Å². The van der Waals surface area contributed by atoms with Crippen molar-refractivity contribution in [3.05, 3.63) is 101 Å². The molecule has 0 unspecified atom stereocenters. The van der Waals surface area contributed by atoms with Crippen LogP contribution in [0.5, 0.6) is 5.75 Å². The fourth-order valence-corrected chi connectivity index (χ4v) is 3.46. The van der Waals surface area contributed by atoms with Crippen molar-refractivity contribution >= 4 is 22.7 Å². The molecule has 4 nitrogen and oxygen atoms in total. The maximum Gasteiger partial charge on any atom is 0.203 e. The van der Waals surface area contributed by atoms with Gasteiger partial charge in [0.15, 0.2) is 0 Å². The van der Waals surface area contributed by atoms with Crippen LogP contribution in [0.15, 0.2) is 89.3 Å². The lowest BCUT2D eigenvalue weighted by atomic mass is 10.1. The minimum Gasteiger partial charge on any atom is -0.488 e. The lowest BCUT2D eigenvalue weighted by Gasteiger charge is -2.09. The van der Waals surface area contributed by atoms with E-state index in [4.69, 9.17) is 4.74 Å². The van der Waals surface area contributed by atoms with Crippen LogP contribution in [0.1, 0.15) is 16.7 Å². The molecule has 0 radical (unpaired) electrons. The molecule has 5 heteroatoms. The van der Waals surface area contributed by atoms with E-state index in [-0.39, 0.29) is 0 Å². The zero-order valence-electron chi connectivity index (χ0n) is 16.1. The van der Waals surface area contributed by atoms with Crippen molar-refractivity contribution in [3.8, 4) is 17.0 Å². The van der Waals surface area contributed by atoms with Crippen LogP contribution in [-0.2, 0) is 6.61 Å². The number of nitrogens with one attached hydrogen (secondary N) is 1. The Morgan fingerprint density at radius 1 is 0.966 bits per heavy atom. The standard InChI is InChI=1S/C24H21N3OS/c1-18-11-13-19(14-12-18)16-28-23-10-6-5-9-21(23)15-25-27-24-26-22(17-29-24)20-7-3-2-4-8-20/h2-15,17H,16H2,1H3,(H,26,27). The van der Waals surface area contributed by atoms with E-state index in [1.165, 1.54) is 16.9 Å². The molecule has 0 aliphatic carbocycles. The predicted octanol–water partition coefficient (Wildman–Crippen LogP) is 6.14. The van der Waals surface area contributed by atoms with Crippen molar-refractivity contribution in [3.63, 3.8) is 0 Å². The number of hydrazone groups is 1. The van der Waals surface area contributed by atoms with Gasteiger partial charge in [0, 0.05) is 16.5 Å². The smallest absolute Gasteiger partial charge is 0.203 e. The minimum atomic E-state index is 0.519. The van der Waals surface area contributed by atoms with Crippen LogP contribution in [0.2, 0.25) is 0 Å². The molecule has 1 N–H and O–H groups in total. The highest BCUT2D eigenvalue weighted by Crippen LogP contribution is 2.24. The first-order chi connectivity index (χ1) is 14.3. The minimum absolute atomic E-state index is 0.519. The van der Waals surface area contributed by atoms with Crippen LogP contribution in [0.4, 0.5) is 5.13 Å². The van der Waals surface area contributed by atoms with Gasteiger partial charge < -0.3 is 4.74 Å². The van der Waals surface area contributed by atoms with Crippen molar-refractivity contribution in [2.45, 2.75) is 13.5 Å². The second kappa shape index (κ2) is 9.17. The first-order valence-corrected chi connectivity index (χ1v) is 10.2. The van der Waals surface area contributed by atoms with E-state index >= 15 is 0 Å². The van der Waals surface area contributed by atoms with Crippen LogP contribution in [0, 0.1) is 6.92 Å². The maximum absolute atomic E-state index is 6.00. The zero-order valence-corrected chi connectivity index (χ0v) is 16.9. The molecular formula is C24H21N3OS. The Balaban J connectivity index is 1.40. The van der Waals surface area contributed by atoms with E-state index in [1.807, 2.05) is 60.0 Å². The third kappa shape index (κ3) is 5.09. The van der Waals surface area contributed by atoms with Gasteiger partial charge >= 0.3 is 0 Å². The number of aromatic nitrogens is 1. The van der Waals surface area contributed by atoms with Crippen LogP contribution >= 0.6 is 11.3 Å². The van der Waals surface area contributed by atoms with Gasteiger partial charge in [0.05, 0.1) is 11.9 Å². The fourth-order valence-electron chi connectivity index (χ4n) is 2.79. The van der Waals surface area contributed by atoms with Gasteiger partial charge in [0.1, 0.15) is 12.4 Å². The Kier molecular flexibility index (Phi) is 5.98. The molecule has 0 aliphatic rings. The van der Waals surface area contributed by atoms with Gasteiger partial charge in [-0.05, 0) is 24.6 Å². The Bertz CT molecular complexity index is 1090. The van der Waals surface area contributed by atoms with Crippen molar-refractivity contribution in [1.29, 1.82) is 0 Å². The number of para-hydroxylation sites is 1. The molecule has 0 saturated carbocycles. The van der Waals surface area contributed by atoms with E-state index < -0.39 is 0 Å². The van der Waals surface area contributed by atoms with E-state index in [9.17, 15) is 0 Å². The second-order valence-corrected chi connectivity index (χ2v) is 7.44. The number of thiazole rings is 1. The number of nitrogens with zero attached hydrogens (tertiary/aromatic N) is 2. The number of benzene rings is 3. The Labute approximate surface area is 174 Å². The number of hydrogen-bond acceptors (Lipinski definition) is 5. The molecule has 1 heterocycles. The first kappa shape index (κ1) is 18.9. The number of rotatable bonds is 7. The van der Waals surface area contributed by atoms with Crippen molar-refractivity contribution in [2.75, 3.05) is 5.43 Å². The average Bonchev–Trinajstić information content (AvgIpc) is 3.24. The zero-order chi connectivity index (χ0) is 19.9. The van der Waals surface area contributed by atoms with E-state index in [0.717, 1.165) is 33.3 Å². The largest absolute Gasteiger partial charge is 0.488 e. The summed E-state index contributed by atoms with van der Waals surface area (Å²) in [7, 11) is 0. The van der Waals surface area contributed by atoms with Crippen molar-refractivity contribution in [1.82, 2.24) is 4.98 Å². The maximum atomic E-state index is 6.00. The molecule has 4 aromatic rings. The van der Waals surface area contributed by atoms with E-state index in [0.29, 0.717) is 6.61 Å².